The Morgan fingerprint density at radius 1 is 1.42 bits per heavy atom. The minimum Gasteiger partial charge on any atom is -0.478 e. The first kappa shape index (κ1) is 11.1. The average molecular weight is 184 g/mol. The summed E-state index contributed by atoms with van der Waals surface area (Å²) in [6, 6.07) is 8.30. The second-order valence-corrected chi connectivity index (χ2v) is 2.90. The van der Waals surface area contributed by atoms with E-state index < -0.39 is 5.97 Å². The van der Waals surface area contributed by atoms with E-state index in [0.717, 1.165) is 0 Å². The smallest absolute Gasteiger partial charge is 0.335 e. The van der Waals surface area contributed by atoms with Crippen LogP contribution in [-0.4, -0.2) is 17.2 Å². The van der Waals surface area contributed by atoms with Crippen molar-refractivity contribution in [1.82, 2.24) is 0 Å². The second kappa shape index (κ2) is 6.81. The van der Waals surface area contributed by atoms with Crippen LogP contribution < -0.4 is 0 Å². The summed E-state index contributed by atoms with van der Waals surface area (Å²) in [7, 11) is 2.58. The highest BCUT2D eigenvalue weighted by Gasteiger charge is 1.96. The summed E-state index contributed by atoms with van der Waals surface area (Å²) in [5.41, 5.74) is 0.331. The summed E-state index contributed by atoms with van der Waals surface area (Å²) >= 11 is 0. The third-order valence-corrected chi connectivity index (χ3v) is 1.02. The maximum Gasteiger partial charge on any atom is 0.335 e. The lowest BCUT2D eigenvalue weighted by atomic mass is 10.2. The molecule has 0 heterocycles. The van der Waals surface area contributed by atoms with Gasteiger partial charge in [0.1, 0.15) is 0 Å². The molecule has 66 valence electrons. The molecule has 0 saturated carbocycles. The van der Waals surface area contributed by atoms with E-state index in [1.54, 1.807) is 30.3 Å². The molecular weight excluding hydrogens is 171 g/mol. The molecule has 0 aliphatic rings. The fraction of sp³-hybridized carbons (Fsp3) is 0.222. The molecule has 1 N–H and O–H groups in total. The summed E-state index contributed by atoms with van der Waals surface area (Å²) in [6.07, 6.45) is 1.17. The molecule has 0 amide bonds. The maximum absolute atomic E-state index is 10.2. The van der Waals surface area contributed by atoms with Crippen LogP contribution in [0.2, 0.25) is 0 Å². The highest BCUT2D eigenvalue weighted by atomic mass is 31.0. The predicted molar refractivity (Wildman–Crippen MR) is 53.7 cm³/mol. The molecule has 0 aromatic heterocycles. The Morgan fingerprint density at radius 2 is 1.83 bits per heavy atom. The van der Waals surface area contributed by atoms with Crippen LogP contribution in [0.15, 0.2) is 30.3 Å². The highest BCUT2D eigenvalue weighted by Crippen LogP contribution is 1.96. The van der Waals surface area contributed by atoms with Gasteiger partial charge in [0.05, 0.1) is 5.56 Å². The summed E-state index contributed by atoms with van der Waals surface area (Å²) in [5, 5.41) is 8.38. The molecule has 1 aromatic carbocycles. The SMILES string of the molecule is CCP.O=C(O)c1ccccc1. The van der Waals surface area contributed by atoms with Gasteiger partial charge in [0.2, 0.25) is 0 Å². The normalized spacial score (nSPS) is 8.17. The zero-order valence-corrected chi connectivity index (χ0v) is 8.18. The number of benzene rings is 1. The third-order valence-electron chi connectivity index (χ3n) is 1.02. The van der Waals surface area contributed by atoms with Crippen LogP contribution in [0, 0.1) is 0 Å². The van der Waals surface area contributed by atoms with Gasteiger partial charge in [-0.15, -0.1) is 9.24 Å². The van der Waals surface area contributed by atoms with E-state index in [-0.39, 0.29) is 0 Å². The van der Waals surface area contributed by atoms with Crippen molar-refractivity contribution in [3.05, 3.63) is 35.9 Å². The van der Waals surface area contributed by atoms with E-state index in [0.29, 0.717) is 5.56 Å². The van der Waals surface area contributed by atoms with Gasteiger partial charge in [-0.05, 0) is 18.3 Å². The molecule has 0 bridgehead atoms. The average Bonchev–Trinajstić information content (AvgIpc) is 2.07. The Labute approximate surface area is 74.8 Å². The molecule has 0 fully saturated rings. The molecule has 2 nitrogen and oxygen atoms in total. The predicted octanol–water partition coefficient (Wildman–Crippen LogP) is 2.27. The van der Waals surface area contributed by atoms with Gasteiger partial charge in [-0.1, -0.05) is 25.1 Å². The van der Waals surface area contributed by atoms with Crippen molar-refractivity contribution in [3.63, 3.8) is 0 Å². The van der Waals surface area contributed by atoms with Crippen LogP contribution in [0.3, 0.4) is 0 Å². The van der Waals surface area contributed by atoms with Gasteiger partial charge >= 0.3 is 5.97 Å². The lowest BCUT2D eigenvalue weighted by molar-refractivity contribution is 0.0697. The monoisotopic (exact) mass is 184 g/mol. The van der Waals surface area contributed by atoms with Crippen LogP contribution in [-0.2, 0) is 0 Å². The Morgan fingerprint density at radius 3 is 2.08 bits per heavy atom. The number of hydrogen-bond donors (Lipinski definition) is 1. The number of carboxylic acids is 1. The number of carboxylic acid groups (broad SMARTS) is 1. The van der Waals surface area contributed by atoms with Gasteiger partial charge in [-0.3, -0.25) is 0 Å². The molecule has 3 heteroatoms. The standard InChI is InChI=1S/C7H6O2.C2H7P/c8-7(9)6-4-2-1-3-5-6;1-2-3/h1-5H,(H,8,9);2-3H2,1H3. The molecule has 1 unspecified atom stereocenters. The molecule has 0 aliphatic heterocycles. The third kappa shape index (κ3) is 4.86. The number of rotatable bonds is 1. The topological polar surface area (TPSA) is 37.3 Å². The van der Waals surface area contributed by atoms with Crippen LogP contribution in [0.4, 0.5) is 0 Å². The van der Waals surface area contributed by atoms with Crippen LogP contribution in [0.5, 0.6) is 0 Å². The Kier molecular flexibility index (Phi) is 6.31. The lowest BCUT2D eigenvalue weighted by Gasteiger charge is -1.88. The zero-order valence-electron chi connectivity index (χ0n) is 7.03. The molecule has 0 aliphatic carbocycles. The molecule has 1 atom stereocenters. The fourth-order valence-corrected chi connectivity index (χ4v) is 0.581. The minimum absolute atomic E-state index is 0.331. The van der Waals surface area contributed by atoms with Gasteiger partial charge in [-0.2, -0.15) is 0 Å². The minimum atomic E-state index is -0.879. The van der Waals surface area contributed by atoms with Crippen molar-refractivity contribution in [2.45, 2.75) is 6.92 Å². The van der Waals surface area contributed by atoms with Crippen molar-refractivity contribution >= 4 is 15.2 Å². The Balaban J connectivity index is 0.000000354. The number of aromatic carboxylic acids is 1. The van der Waals surface area contributed by atoms with Crippen molar-refractivity contribution in [1.29, 1.82) is 0 Å². The van der Waals surface area contributed by atoms with Crippen molar-refractivity contribution in [2.75, 3.05) is 6.16 Å². The van der Waals surface area contributed by atoms with E-state index >= 15 is 0 Å². The second-order valence-electron chi connectivity index (χ2n) is 2.08. The highest BCUT2D eigenvalue weighted by molar-refractivity contribution is 7.16. The van der Waals surface area contributed by atoms with Gasteiger partial charge < -0.3 is 5.11 Å². The Bertz CT molecular complexity index is 221. The number of carbonyl (C=O) groups is 1. The summed E-state index contributed by atoms with van der Waals surface area (Å²) in [6.45, 7) is 2.09. The first-order valence-electron chi connectivity index (χ1n) is 3.70. The van der Waals surface area contributed by atoms with Crippen LogP contribution in [0.1, 0.15) is 17.3 Å². The largest absolute Gasteiger partial charge is 0.478 e. The first-order valence-corrected chi connectivity index (χ1v) is 4.52. The summed E-state index contributed by atoms with van der Waals surface area (Å²) in [4.78, 5) is 10.2. The van der Waals surface area contributed by atoms with Crippen molar-refractivity contribution in [3.8, 4) is 0 Å². The molecule has 0 spiro atoms. The first-order chi connectivity index (χ1) is 5.72. The summed E-state index contributed by atoms with van der Waals surface area (Å²) in [5.74, 6) is -0.879. The van der Waals surface area contributed by atoms with E-state index in [2.05, 4.69) is 16.2 Å². The molecule has 12 heavy (non-hydrogen) atoms. The quantitative estimate of drug-likeness (QED) is 0.680. The maximum atomic E-state index is 10.2. The van der Waals surface area contributed by atoms with Crippen molar-refractivity contribution in [2.24, 2.45) is 0 Å². The summed E-state index contributed by atoms with van der Waals surface area (Å²) < 4.78 is 0. The molecule has 1 aromatic rings. The molecule has 1 rings (SSSR count). The van der Waals surface area contributed by atoms with E-state index in [9.17, 15) is 4.79 Å². The van der Waals surface area contributed by atoms with Gasteiger partial charge in [0.25, 0.3) is 0 Å². The van der Waals surface area contributed by atoms with E-state index in [1.165, 1.54) is 6.16 Å². The van der Waals surface area contributed by atoms with Crippen molar-refractivity contribution < 1.29 is 9.90 Å². The van der Waals surface area contributed by atoms with E-state index in [4.69, 9.17) is 5.11 Å². The Hall–Kier alpha value is -0.880. The van der Waals surface area contributed by atoms with Gasteiger partial charge in [0, 0.05) is 0 Å². The fourth-order valence-electron chi connectivity index (χ4n) is 0.581. The van der Waals surface area contributed by atoms with E-state index in [1.807, 2.05) is 0 Å². The zero-order chi connectivity index (χ0) is 9.40. The molecule has 0 saturated heterocycles. The number of hydrogen-bond acceptors (Lipinski definition) is 1. The van der Waals surface area contributed by atoms with Gasteiger partial charge in [0.15, 0.2) is 0 Å². The van der Waals surface area contributed by atoms with Crippen LogP contribution >= 0.6 is 9.24 Å². The lowest BCUT2D eigenvalue weighted by Crippen LogP contribution is -1.93. The molecular formula is C9H13O2P. The van der Waals surface area contributed by atoms with Crippen LogP contribution in [0.25, 0.3) is 0 Å². The van der Waals surface area contributed by atoms with Gasteiger partial charge in [-0.25, -0.2) is 4.79 Å². The molecule has 0 radical (unpaired) electrons.